The van der Waals surface area contributed by atoms with E-state index in [1.165, 1.54) is 50.0 Å². The van der Waals surface area contributed by atoms with Gasteiger partial charge in [-0.15, -0.1) is 0 Å². The van der Waals surface area contributed by atoms with E-state index in [0.717, 1.165) is 33.7 Å². The maximum Gasteiger partial charge on any atom is 0.499 e. The summed E-state index contributed by atoms with van der Waals surface area (Å²) in [6, 6.07) is 38.2. The molecule has 0 amide bonds. The molecule has 1 aliphatic heterocycles. The summed E-state index contributed by atoms with van der Waals surface area (Å²) in [4.78, 5) is 2.39. The largest absolute Gasteiger partial charge is 0.499 e. The van der Waals surface area contributed by atoms with Gasteiger partial charge in [0.2, 0.25) is 0 Å². The van der Waals surface area contributed by atoms with Crippen LogP contribution in [0.1, 0.15) is 103 Å². The topological polar surface area (TPSA) is 26.6 Å². The van der Waals surface area contributed by atoms with Crippen molar-refractivity contribution in [1.29, 1.82) is 0 Å². The molecule has 284 valence electrons. The van der Waals surface area contributed by atoms with Crippen LogP contribution in [-0.2, 0) is 20.1 Å². The van der Waals surface area contributed by atoms with Gasteiger partial charge in [-0.1, -0.05) is 108 Å². The summed E-state index contributed by atoms with van der Waals surface area (Å²) in [6.45, 7) is 31.1. The van der Waals surface area contributed by atoms with E-state index in [0.29, 0.717) is 0 Å². The van der Waals surface area contributed by atoms with Crippen LogP contribution in [0.2, 0.25) is 0 Å². The molecular weight excluding hydrogens is 671 g/mol. The lowest BCUT2D eigenvalue weighted by Crippen LogP contribution is -2.41. The molecule has 5 aromatic carbocycles. The maximum atomic E-state index is 7.04. The quantitative estimate of drug-likeness (QED) is 0.160. The minimum absolute atomic E-state index is 0.0321. The Labute approximate surface area is 330 Å². The highest BCUT2D eigenvalue weighted by atomic mass is 16.7. The molecule has 1 aromatic heterocycles. The van der Waals surface area contributed by atoms with Crippen LogP contribution >= 0.6 is 0 Å². The van der Waals surface area contributed by atoms with Gasteiger partial charge in [0.1, 0.15) is 0 Å². The van der Waals surface area contributed by atoms with Gasteiger partial charge in [-0.25, -0.2) is 0 Å². The number of hydrogen-bond donors (Lipinski definition) is 0. The smallest absolute Gasteiger partial charge is 0.399 e. The molecule has 0 bridgehead atoms. The molecule has 0 radical (unpaired) electrons. The Morgan fingerprint density at radius 2 is 1.07 bits per heavy atom. The molecule has 0 aliphatic carbocycles. The fraction of sp³-hybridized carbons (Fsp3) is 0.360. The Hall–Kier alpha value is -4.58. The molecule has 0 saturated carbocycles. The average molecular weight is 731 g/mol. The molecule has 5 heteroatoms. The van der Waals surface area contributed by atoms with Gasteiger partial charge in [-0.3, -0.25) is 0 Å². The Balaban J connectivity index is 1.56. The van der Waals surface area contributed by atoms with Gasteiger partial charge >= 0.3 is 7.12 Å². The summed E-state index contributed by atoms with van der Waals surface area (Å²) >= 11 is 0. The first-order valence-corrected chi connectivity index (χ1v) is 19.9. The summed E-state index contributed by atoms with van der Waals surface area (Å²) in [7, 11) is -0.631. The van der Waals surface area contributed by atoms with E-state index in [9.17, 15) is 0 Å². The molecule has 0 spiro atoms. The highest BCUT2D eigenvalue weighted by Gasteiger charge is 2.53. The van der Waals surface area contributed by atoms with Crippen molar-refractivity contribution in [2.75, 3.05) is 4.90 Å². The lowest BCUT2D eigenvalue weighted by atomic mass is 9.75. The SMILES string of the molecule is Cc1cc(C)c(-c2c(C)n(-c3cccc(N(c4ccc(C(C)(C)C)cc4)c4ccc(C(C)(C)C)cc4)c3B3OC(C)(C)C(C)(C)O3)c3ccccc23)c(C)c1. The van der Waals surface area contributed by atoms with Crippen molar-refractivity contribution < 1.29 is 9.31 Å². The summed E-state index contributed by atoms with van der Waals surface area (Å²) in [6.07, 6.45) is 0. The maximum absolute atomic E-state index is 7.04. The average Bonchev–Trinajstić information content (AvgIpc) is 3.50. The van der Waals surface area contributed by atoms with Crippen LogP contribution in [0.3, 0.4) is 0 Å². The van der Waals surface area contributed by atoms with E-state index < -0.39 is 18.3 Å². The number of para-hydroxylation sites is 1. The van der Waals surface area contributed by atoms with Crippen molar-refractivity contribution in [3.05, 3.63) is 137 Å². The number of hydrogen-bond acceptors (Lipinski definition) is 3. The fourth-order valence-electron chi connectivity index (χ4n) is 8.35. The van der Waals surface area contributed by atoms with Crippen LogP contribution in [0, 0.1) is 27.7 Å². The zero-order valence-electron chi connectivity index (χ0n) is 35.6. The number of anilines is 3. The normalized spacial score (nSPS) is 15.6. The molecule has 1 saturated heterocycles. The van der Waals surface area contributed by atoms with E-state index in [-0.39, 0.29) is 10.8 Å². The van der Waals surface area contributed by atoms with Gasteiger partial charge in [0, 0.05) is 44.9 Å². The summed E-state index contributed by atoms with van der Waals surface area (Å²) in [5.74, 6) is 0. The third-order valence-corrected chi connectivity index (χ3v) is 12.1. The van der Waals surface area contributed by atoms with E-state index in [1.54, 1.807) is 0 Å². The zero-order valence-corrected chi connectivity index (χ0v) is 35.6. The minimum atomic E-state index is -0.631. The molecule has 0 unspecified atom stereocenters. The molecule has 1 fully saturated rings. The number of fused-ring (bicyclic) bond motifs is 1. The highest BCUT2D eigenvalue weighted by molar-refractivity contribution is 6.65. The predicted molar refractivity (Wildman–Crippen MR) is 235 cm³/mol. The van der Waals surface area contributed by atoms with Crippen molar-refractivity contribution in [2.24, 2.45) is 0 Å². The van der Waals surface area contributed by atoms with Crippen molar-refractivity contribution in [3.63, 3.8) is 0 Å². The van der Waals surface area contributed by atoms with Gasteiger partial charge in [-0.05, 0) is 137 Å². The van der Waals surface area contributed by atoms with Gasteiger partial charge in [-0.2, -0.15) is 0 Å². The number of rotatable bonds is 6. The molecule has 0 atom stereocenters. The van der Waals surface area contributed by atoms with Gasteiger partial charge in [0.15, 0.2) is 0 Å². The first-order chi connectivity index (χ1) is 25.7. The molecule has 2 heterocycles. The second-order valence-corrected chi connectivity index (χ2v) is 18.8. The standard InChI is InChI=1S/C50H59BN2O2/c1-32-30-33(2)44(34(3)31-32)45-35(4)52(41-19-16-15-18-40(41)45)42-20-17-21-43(46(42)51-54-49(11,12)50(13,14)55-51)53(38-26-22-36(23-27-38)47(5,6)7)39-28-24-37(25-29-39)48(8,9)10/h15-31H,1-14H3. The van der Waals surface area contributed by atoms with Crippen LogP contribution in [-0.4, -0.2) is 22.9 Å². The van der Waals surface area contributed by atoms with Crippen molar-refractivity contribution in [2.45, 2.75) is 119 Å². The first kappa shape index (κ1) is 38.7. The van der Waals surface area contributed by atoms with E-state index >= 15 is 0 Å². The Morgan fingerprint density at radius 1 is 0.582 bits per heavy atom. The third-order valence-electron chi connectivity index (χ3n) is 12.1. The second-order valence-electron chi connectivity index (χ2n) is 18.8. The summed E-state index contributed by atoms with van der Waals surface area (Å²) in [5, 5.41) is 1.23. The van der Waals surface area contributed by atoms with E-state index in [1.807, 2.05) is 0 Å². The van der Waals surface area contributed by atoms with Gasteiger partial charge in [0.25, 0.3) is 0 Å². The molecule has 55 heavy (non-hydrogen) atoms. The van der Waals surface area contributed by atoms with Gasteiger partial charge < -0.3 is 18.8 Å². The predicted octanol–water partition coefficient (Wildman–Crippen LogP) is 12.9. The lowest BCUT2D eigenvalue weighted by molar-refractivity contribution is 0.00578. The van der Waals surface area contributed by atoms with Crippen molar-refractivity contribution in [1.82, 2.24) is 4.57 Å². The second kappa shape index (κ2) is 13.6. The molecule has 6 aromatic rings. The van der Waals surface area contributed by atoms with Crippen LogP contribution in [0.25, 0.3) is 27.7 Å². The zero-order chi connectivity index (χ0) is 39.8. The van der Waals surface area contributed by atoms with E-state index in [4.69, 9.17) is 9.31 Å². The number of aromatic nitrogens is 1. The lowest BCUT2D eigenvalue weighted by Gasteiger charge is -2.32. The third kappa shape index (κ3) is 6.85. The number of aryl methyl sites for hydroxylation is 3. The van der Waals surface area contributed by atoms with Gasteiger partial charge in [0.05, 0.1) is 16.7 Å². The van der Waals surface area contributed by atoms with Crippen LogP contribution in [0.5, 0.6) is 0 Å². The highest BCUT2D eigenvalue weighted by Crippen LogP contribution is 2.44. The minimum Gasteiger partial charge on any atom is -0.399 e. The number of benzene rings is 5. The summed E-state index contributed by atoms with van der Waals surface area (Å²) in [5.41, 5.74) is 15.5. The molecular formula is C50H59BN2O2. The summed E-state index contributed by atoms with van der Waals surface area (Å²) < 4.78 is 16.5. The Kier molecular flexibility index (Phi) is 9.54. The Bertz CT molecular complexity index is 2290. The molecule has 7 rings (SSSR count). The fourth-order valence-corrected chi connectivity index (χ4v) is 8.35. The molecule has 0 N–H and O–H groups in total. The molecule has 4 nitrogen and oxygen atoms in total. The van der Waals surface area contributed by atoms with Crippen LogP contribution in [0.15, 0.2) is 103 Å². The van der Waals surface area contributed by atoms with Crippen LogP contribution < -0.4 is 10.4 Å². The molecule has 1 aliphatic rings. The van der Waals surface area contributed by atoms with Crippen LogP contribution in [0.4, 0.5) is 17.1 Å². The number of nitrogens with zero attached hydrogens (tertiary/aromatic N) is 2. The van der Waals surface area contributed by atoms with Crippen molar-refractivity contribution >= 4 is 40.5 Å². The Morgan fingerprint density at radius 3 is 1.56 bits per heavy atom. The van der Waals surface area contributed by atoms with Crippen molar-refractivity contribution in [3.8, 4) is 16.8 Å². The monoisotopic (exact) mass is 730 g/mol. The van der Waals surface area contributed by atoms with E-state index in [2.05, 4.69) is 210 Å². The first-order valence-electron chi connectivity index (χ1n) is 19.9.